The van der Waals surface area contributed by atoms with E-state index >= 15 is 0 Å². The Bertz CT molecular complexity index is 1190. The number of methoxy groups -OCH3 is 2. The average Bonchev–Trinajstić information content (AvgIpc) is 2.84. The molecule has 0 radical (unpaired) electrons. The van der Waals surface area contributed by atoms with Crippen molar-refractivity contribution >= 4 is 29.4 Å². The van der Waals surface area contributed by atoms with E-state index in [2.05, 4.69) is 5.32 Å². The molecule has 10 nitrogen and oxygen atoms in total. The molecule has 2 aromatic rings. The Morgan fingerprint density at radius 2 is 1.74 bits per heavy atom. The van der Waals surface area contributed by atoms with Crippen LogP contribution in [-0.4, -0.2) is 67.6 Å². The van der Waals surface area contributed by atoms with E-state index < -0.39 is 29.7 Å². The summed E-state index contributed by atoms with van der Waals surface area (Å²) in [5.74, 6) is -1.24. The van der Waals surface area contributed by atoms with E-state index in [1.165, 1.54) is 31.2 Å². The van der Waals surface area contributed by atoms with Gasteiger partial charge in [-0.2, -0.15) is 0 Å². The number of carboxylic acids is 1. The van der Waals surface area contributed by atoms with E-state index in [9.17, 15) is 19.2 Å². The van der Waals surface area contributed by atoms with Crippen molar-refractivity contribution in [2.45, 2.75) is 19.4 Å². The second kappa shape index (κ2) is 10.7. The summed E-state index contributed by atoms with van der Waals surface area (Å²) in [4.78, 5) is 52.6. The summed E-state index contributed by atoms with van der Waals surface area (Å²) in [5.41, 5.74) is 2.08. The zero-order chi connectivity index (χ0) is 25.7. The zero-order valence-corrected chi connectivity index (χ0v) is 19.9. The van der Waals surface area contributed by atoms with E-state index in [4.69, 9.17) is 14.6 Å². The van der Waals surface area contributed by atoms with Gasteiger partial charge in [0.2, 0.25) is 0 Å². The highest BCUT2D eigenvalue weighted by molar-refractivity contribution is 6.19. The van der Waals surface area contributed by atoms with Crippen LogP contribution in [0.3, 0.4) is 0 Å². The summed E-state index contributed by atoms with van der Waals surface area (Å²) in [6.45, 7) is 1.44. The minimum atomic E-state index is -1.47. The van der Waals surface area contributed by atoms with E-state index in [0.29, 0.717) is 22.8 Å². The number of carbonyl (C=O) groups excluding carboxylic acids is 3. The molecular weight excluding hydrogens is 454 g/mol. The van der Waals surface area contributed by atoms with E-state index in [1.807, 2.05) is 6.07 Å². The van der Waals surface area contributed by atoms with Gasteiger partial charge in [0, 0.05) is 31.4 Å². The van der Waals surface area contributed by atoms with Gasteiger partial charge in [-0.3, -0.25) is 19.3 Å². The molecule has 0 saturated heterocycles. The van der Waals surface area contributed by atoms with Gasteiger partial charge in [0.05, 0.1) is 26.3 Å². The number of anilines is 1. The van der Waals surface area contributed by atoms with Crippen molar-refractivity contribution in [2.75, 3.05) is 32.7 Å². The molecule has 184 valence electrons. The summed E-state index contributed by atoms with van der Waals surface area (Å²) in [5, 5.41) is 11.4. The van der Waals surface area contributed by atoms with Crippen LogP contribution >= 0.6 is 0 Å². The maximum absolute atomic E-state index is 13.3. The number of likely N-dealkylation sites (N-methyl/N-ethyl adjacent to an activating group) is 1. The summed E-state index contributed by atoms with van der Waals surface area (Å²) < 4.78 is 10.7. The van der Waals surface area contributed by atoms with E-state index in [0.717, 1.165) is 10.5 Å². The largest absolute Gasteiger partial charge is 0.497 e. The number of carbonyl (C=O) groups is 4. The topological polar surface area (TPSA) is 125 Å². The summed E-state index contributed by atoms with van der Waals surface area (Å²) in [6.07, 6.45) is 0.977. The Hall–Kier alpha value is -4.34. The minimum Gasteiger partial charge on any atom is -0.497 e. The number of urea groups is 1. The van der Waals surface area contributed by atoms with Crippen LogP contribution in [0, 0.1) is 0 Å². The van der Waals surface area contributed by atoms with Gasteiger partial charge < -0.3 is 24.8 Å². The van der Waals surface area contributed by atoms with Gasteiger partial charge in [-0.1, -0.05) is 12.1 Å². The fourth-order valence-electron chi connectivity index (χ4n) is 3.65. The molecule has 2 aromatic carbocycles. The van der Waals surface area contributed by atoms with Crippen LogP contribution in [0.15, 0.2) is 54.2 Å². The Morgan fingerprint density at radius 3 is 2.40 bits per heavy atom. The van der Waals surface area contributed by atoms with E-state index in [1.54, 1.807) is 44.4 Å². The number of hydrogen-bond donors (Lipinski definition) is 2. The van der Waals surface area contributed by atoms with Crippen molar-refractivity contribution in [3.8, 4) is 22.6 Å². The van der Waals surface area contributed by atoms with Crippen LogP contribution in [0.4, 0.5) is 10.5 Å². The molecule has 1 aliphatic rings. The monoisotopic (exact) mass is 481 g/mol. The smallest absolute Gasteiger partial charge is 0.323 e. The fraction of sp³-hybridized carbons (Fsp3) is 0.280. The van der Waals surface area contributed by atoms with Crippen LogP contribution in [0.25, 0.3) is 11.1 Å². The molecule has 1 aliphatic heterocycles. The van der Waals surface area contributed by atoms with Crippen molar-refractivity contribution in [3.63, 3.8) is 0 Å². The molecule has 3 rings (SSSR count). The van der Waals surface area contributed by atoms with Gasteiger partial charge in [0.15, 0.2) is 11.8 Å². The first-order chi connectivity index (χ1) is 16.7. The van der Waals surface area contributed by atoms with Gasteiger partial charge in [-0.25, -0.2) is 4.79 Å². The van der Waals surface area contributed by atoms with Gasteiger partial charge >= 0.3 is 12.0 Å². The van der Waals surface area contributed by atoms with Crippen LogP contribution in [0.2, 0.25) is 0 Å². The normalized spacial score (nSPS) is 15.4. The molecule has 35 heavy (non-hydrogen) atoms. The van der Waals surface area contributed by atoms with Gasteiger partial charge in [0.1, 0.15) is 11.5 Å². The number of nitrogens with zero attached hydrogens (tertiary/aromatic N) is 2. The maximum Gasteiger partial charge on any atom is 0.323 e. The van der Waals surface area contributed by atoms with Crippen molar-refractivity contribution < 1.29 is 33.8 Å². The fourth-order valence-corrected chi connectivity index (χ4v) is 3.65. The molecule has 0 bridgehead atoms. The quantitative estimate of drug-likeness (QED) is 0.555. The zero-order valence-electron chi connectivity index (χ0n) is 19.9. The highest BCUT2D eigenvalue weighted by Gasteiger charge is 2.41. The summed E-state index contributed by atoms with van der Waals surface area (Å²) in [7, 11) is 4.52. The number of allylic oxidation sites excluding steroid dienone is 1. The number of nitrogens with one attached hydrogen (secondary N) is 1. The van der Waals surface area contributed by atoms with Crippen molar-refractivity contribution in [2.24, 2.45) is 0 Å². The molecule has 0 spiro atoms. The third-order valence-electron chi connectivity index (χ3n) is 5.61. The lowest BCUT2D eigenvalue weighted by Gasteiger charge is -2.35. The van der Waals surface area contributed by atoms with Crippen LogP contribution < -0.4 is 19.7 Å². The lowest BCUT2D eigenvalue weighted by atomic mass is 10.0. The lowest BCUT2D eigenvalue weighted by Crippen LogP contribution is -2.58. The summed E-state index contributed by atoms with van der Waals surface area (Å²) in [6, 6.07) is 9.91. The Labute approximate surface area is 202 Å². The second-order valence-corrected chi connectivity index (χ2v) is 7.89. The second-order valence-electron chi connectivity index (χ2n) is 7.89. The number of carboxylic acid groups (broad SMARTS) is 1. The SMILES string of the molecule is COc1cccc(-c2cc(OC)cc(N(C(=O)NCCC(=O)O)C3C(=O)C=C(C)N(C)C3=O)c2)c1. The minimum absolute atomic E-state index is 0.183. The Balaban J connectivity index is 2.13. The molecule has 10 heteroatoms. The number of hydrogen-bond acceptors (Lipinski definition) is 6. The van der Waals surface area contributed by atoms with Crippen LogP contribution in [0.1, 0.15) is 13.3 Å². The Kier molecular flexibility index (Phi) is 7.75. The highest BCUT2D eigenvalue weighted by Crippen LogP contribution is 2.34. The van der Waals surface area contributed by atoms with Crippen LogP contribution in [0.5, 0.6) is 11.5 Å². The Morgan fingerprint density at radius 1 is 1.06 bits per heavy atom. The van der Waals surface area contributed by atoms with E-state index in [-0.39, 0.29) is 18.7 Å². The van der Waals surface area contributed by atoms with Crippen molar-refractivity contribution in [3.05, 3.63) is 54.2 Å². The van der Waals surface area contributed by atoms with Crippen LogP contribution in [-0.2, 0) is 14.4 Å². The first-order valence-electron chi connectivity index (χ1n) is 10.8. The standard InChI is InChI=1S/C25H27N3O7/c1-15-10-21(29)23(24(32)27(15)2)28(25(33)26-9-8-22(30)31)18-11-17(13-20(14-18)35-4)16-6-5-7-19(12-16)34-3/h5-7,10-14,23H,8-9H2,1-4H3,(H,26,33)(H,30,31). The van der Waals surface area contributed by atoms with Crippen molar-refractivity contribution in [1.29, 1.82) is 0 Å². The average molecular weight is 482 g/mol. The molecule has 1 heterocycles. The van der Waals surface area contributed by atoms with Gasteiger partial charge in [0.25, 0.3) is 5.91 Å². The molecule has 2 N–H and O–H groups in total. The lowest BCUT2D eigenvalue weighted by molar-refractivity contribution is -0.137. The molecule has 1 atom stereocenters. The van der Waals surface area contributed by atoms with Crippen molar-refractivity contribution in [1.82, 2.24) is 10.2 Å². The number of amides is 3. The van der Waals surface area contributed by atoms with Gasteiger partial charge in [-0.05, 0) is 42.3 Å². The molecule has 1 unspecified atom stereocenters. The highest BCUT2D eigenvalue weighted by atomic mass is 16.5. The number of benzene rings is 2. The third kappa shape index (κ3) is 5.60. The van der Waals surface area contributed by atoms with Gasteiger partial charge in [-0.15, -0.1) is 0 Å². The molecule has 0 aromatic heterocycles. The number of ether oxygens (including phenoxy) is 2. The molecule has 3 amide bonds. The first-order valence-corrected chi connectivity index (χ1v) is 10.8. The number of ketones is 1. The predicted molar refractivity (Wildman–Crippen MR) is 128 cm³/mol. The first kappa shape index (κ1) is 25.3. The molecular formula is C25H27N3O7. The summed E-state index contributed by atoms with van der Waals surface area (Å²) >= 11 is 0. The maximum atomic E-state index is 13.3. The molecule has 0 saturated carbocycles. The molecule has 0 aliphatic carbocycles. The number of aliphatic carboxylic acids is 1. The third-order valence-corrected chi connectivity index (χ3v) is 5.61. The predicted octanol–water partition coefficient (Wildman–Crippen LogP) is 2.68. The number of rotatable bonds is 8. The molecule has 0 fully saturated rings.